The number of benzene rings is 1. The zero-order valence-electron chi connectivity index (χ0n) is 11.7. The smallest absolute Gasteiger partial charge is 0.254 e. The van der Waals surface area contributed by atoms with Crippen molar-refractivity contribution < 1.29 is 9.90 Å². The van der Waals surface area contributed by atoms with E-state index in [0.717, 1.165) is 19.6 Å². The van der Waals surface area contributed by atoms with Crippen molar-refractivity contribution in [1.82, 2.24) is 10.2 Å². The van der Waals surface area contributed by atoms with Gasteiger partial charge in [-0.05, 0) is 43.9 Å². The van der Waals surface area contributed by atoms with Gasteiger partial charge in [-0.15, -0.1) is 0 Å². The number of aromatic hydroxyl groups is 1. The molecule has 108 valence electrons. The first-order valence-corrected chi connectivity index (χ1v) is 7.30. The van der Waals surface area contributed by atoms with Gasteiger partial charge in [0.15, 0.2) is 0 Å². The van der Waals surface area contributed by atoms with Crippen LogP contribution in [0.2, 0.25) is 5.02 Å². The Labute approximate surface area is 123 Å². The second-order valence-corrected chi connectivity index (χ2v) is 6.67. The van der Waals surface area contributed by atoms with Crippen LogP contribution >= 0.6 is 11.6 Å². The Morgan fingerprint density at radius 3 is 2.85 bits per heavy atom. The Morgan fingerprint density at radius 2 is 2.20 bits per heavy atom. The van der Waals surface area contributed by atoms with Crippen LogP contribution in [-0.4, -0.2) is 41.1 Å². The SMILES string of the molecule is CC1(C)C2CNCC2CN1C(=O)c1ccc(O)c(Cl)c1. The largest absolute Gasteiger partial charge is 0.506 e. The third kappa shape index (κ3) is 1.98. The molecule has 5 heteroatoms. The van der Waals surface area contributed by atoms with E-state index in [-0.39, 0.29) is 22.2 Å². The molecule has 0 bridgehead atoms. The molecule has 2 aliphatic heterocycles. The number of likely N-dealkylation sites (tertiary alicyclic amines) is 1. The summed E-state index contributed by atoms with van der Waals surface area (Å²) < 4.78 is 0. The molecule has 20 heavy (non-hydrogen) atoms. The maximum atomic E-state index is 12.7. The minimum Gasteiger partial charge on any atom is -0.506 e. The van der Waals surface area contributed by atoms with Gasteiger partial charge in [0.2, 0.25) is 0 Å². The lowest BCUT2D eigenvalue weighted by Gasteiger charge is -2.35. The molecule has 3 rings (SSSR count). The van der Waals surface area contributed by atoms with E-state index in [1.165, 1.54) is 6.07 Å². The number of hydrogen-bond donors (Lipinski definition) is 2. The monoisotopic (exact) mass is 294 g/mol. The lowest BCUT2D eigenvalue weighted by atomic mass is 9.84. The molecular formula is C15H19ClN2O2. The number of nitrogens with zero attached hydrogens (tertiary/aromatic N) is 1. The maximum absolute atomic E-state index is 12.7. The minimum absolute atomic E-state index is 0.00460. The molecule has 0 aliphatic carbocycles. The number of fused-ring (bicyclic) bond motifs is 1. The van der Waals surface area contributed by atoms with E-state index in [0.29, 0.717) is 17.4 Å². The molecule has 2 unspecified atom stereocenters. The normalized spacial score (nSPS) is 27.6. The summed E-state index contributed by atoms with van der Waals surface area (Å²) in [7, 11) is 0. The first kappa shape index (κ1) is 13.7. The minimum atomic E-state index is -0.157. The number of halogens is 1. The number of carbonyl (C=O) groups is 1. The average Bonchev–Trinajstić information content (AvgIpc) is 2.95. The Morgan fingerprint density at radius 1 is 1.45 bits per heavy atom. The van der Waals surface area contributed by atoms with Gasteiger partial charge in [-0.3, -0.25) is 4.79 Å². The van der Waals surface area contributed by atoms with Gasteiger partial charge in [0, 0.05) is 30.7 Å². The lowest BCUT2D eigenvalue weighted by molar-refractivity contribution is 0.0603. The number of phenolic OH excluding ortho intramolecular Hbond substituents is 1. The number of rotatable bonds is 1. The summed E-state index contributed by atoms with van der Waals surface area (Å²) in [5, 5.41) is 13.1. The average molecular weight is 295 g/mol. The molecule has 1 amide bonds. The van der Waals surface area contributed by atoms with Crippen molar-refractivity contribution in [2.45, 2.75) is 19.4 Å². The van der Waals surface area contributed by atoms with Crippen molar-refractivity contribution >= 4 is 17.5 Å². The number of hydrogen-bond acceptors (Lipinski definition) is 3. The van der Waals surface area contributed by atoms with E-state index in [1.54, 1.807) is 12.1 Å². The van der Waals surface area contributed by atoms with E-state index < -0.39 is 0 Å². The molecule has 1 aromatic carbocycles. The van der Waals surface area contributed by atoms with E-state index in [1.807, 2.05) is 4.90 Å². The molecule has 1 aromatic rings. The van der Waals surface area contributed by atoms with Crippen molar-refractivity contribution in [2.75, 3.05) is 19.6 Å². The summed E-state index contributed by atoms with van der Waals surface area (Å²) in [6, 6.07) is 4.65. The van der Waals surface area contributed by atoms with E-state index >= 15 is 0 Å². The van der Waals surface area contributed by atoms with Gasteiger partial charge in [0.05, 0.1) is 5.02 Å². The summed E-state index contributed by atoms with van der Waals surface area (Å²) in [6.07, 6.45) is 0. The van der Waals surface area contributed by atoms with E-state index in [9.17, 15) is 9.90 Å². The fraction of sp³-hybridized carbons (Fsp3) is 0.533. The molecule has 2 N–H and O–H groups in total. The molecule has 4 nitrogen and oxygen atoms in total. The van der Waals surface area contributed by atoms with Crippen LogP contribution in [0, 0.1) is 11.8 Å². The topological polar surface area (TPSA) is 52.6 Å². The Balaban J connectivity index is 1.89. The van der Waals surface area contributed by atoms with Gasteiger partial charge in [-0.1, -0.05) is 11.6 Å². The third-order valence-corrected chi connectivity index (χ3v) is 5.10. The summed E-state index contributed by atoms with van der Waals surface area (Å²) in [5.74, 6) is 1.02. The number of phenols is 1. The molecule has 2 fully saturated rings. The Hall–Kier alpha value is -1.26. The summed E-state index contributed by atoms with van der Waals surface area (Å²) in [4.78, 5) is 14.7. The van der Waals surface area contributed by atoms with Crippen LogP contribution in [0.1, 0.15) is 24.2 Å². The van der Waals surface area contributed by atoms with E-state index in [2.05, 4.69) is 19.2 Å². The van der Waals surface area contributed by atoms with Gasteiger partial charge in [-0.2, -0.15) is 0 Å². The Kier molecular flexibility index (Phi) is 3.18. The van der Waals surface area contributed by atoms with Crippen LogP contribution in [0.25, 0.3) is 0 Å². The molecule has 0 saturated carbocycles. The standard InChI is InChI=1S/C15H19ClN2O2/c1-15(2)11-7-17-6-10(11)8-18(15)14(20)9-3-4-13(19)12(16)5-9/h3-5,10-11,17,19H,6-8H2,1-2H3. The highest BCUT2D eigenvalue weighted by molar-refractivity contribution is 6.32. The van der Waals surface area contributed by atoms with Crippen molar-refractivity contribution in [1.29, 1.82) is 0 Å². The number of nitrogens with one attached hydrogen (secondary N) is 1. The molecule has 2 aliphatic rings. The van der Waals surface area contributed by atoms with Gasteiger partial charge in [0.1, 0.15) is 5.75 Å². The highest BCUT2D eigenvalue weighted by Gasteiger charge is 2.51. The second kappa shape index (κ2) is 4.64. The fourth-order valence-electron chi connectivity index (χ4n) is 3.56. The number of carbonyl (C=O) groups excluding carboxylic acids is 1. The van der Waals surface area contributed by atoms with E-state index in [4.69, 9.17) is 11.6 Å². The highest BCUT2D eigenvalue weighted by atomic mass is 35.5. The van der Waals surface area contributed by atoms with Crippen LogP contribution in [0.5, 0.6) is 5.75 Å². The van der Waals surface area contributed by atoms with Crippen LogP contribution in [0.3, 0.4) is 0 Å². The van der Waals surface area contributed by atoms with Crippen molar-refractivity contribution in [3.8, 4) is 5.75 Å². The summed E-state index contributed by atoms with van der Waals surface area (Å²) in [5.41, 5.74) is 0.379. The lowest BCUT2D eigenvalue weighted by Crippen LogP contribution is -2.47. The predicted octanol–water partition coefficient (Wildman–Crippen LogP) is 2.12. The van der Waals surface area contributed by atoms with Crippen LogP contribution in [0.4, 0.5) is 0 Å². The van der Waals surface area contributed by atoms with Crippen molar-refractivity contribution in [3.05, 3.63) is 28.8 Å². The molecule has 0 aromatic heterocycles. The second-order valence-electron chi connectivity index (χ2n) is 6.26. The predicted molar refractivity (Wildman–Crippen MR) is 78.1 cm³/mol. The summed E-state index contributed by atoms with van der Waals surface area (Å²) >= 11 is 5.90. The molecule has 2 heterocycles. The Bertz CT molecular complexity index is 559. The molecule has 2 atom stereocenters. The summed E-state index contributed by atoms with van der Waals surface area (Å²) in [6.45, 7) is 6.99. The maximum Gasteiger partial charge on any atom is 0.254 e. The zero-order valence-corrected chi connectivity index (χ0v) is 12.4. The van der Waals surface area contributed by atoms with Crippen molar-refractivity contribution in [3.63, 3.8) is 0 Å². The van der Waals surface area contributed by atoms with Gasteiger partial charge < -0.3 is 15.3 Å². The zero-order chi connectivity index (χ0) is 14.5. The molecule has 0 spiro atoms. The van der Waals surface area contributed by atoms with Crippen LogP contribution in [0.15, 0.2) is 18.2 Å². The first-order chi connectivity index (χ1) is 9.41. The van der Waals surface area contributed by atoms with Crippen LogP contribution < -0.4 is 5.32 Å². The van der Waals surface area contributed by atoms with Crippen LogP contribution in [-0.2, 0) is 0 Å². The molecular weight excluding hydrogens is 276 g/mol. The fourth-order valence-corrected chi connectivity index (χ4v) is 3.74. The first-order valence-electron chi connectivity index (χ1n) is 6.92. The van der Waals surface area contributed by atoms with Gasteiger partial charge in [0.25, 0.3) is 5.91 Å². The molecule has 2 saturated heterocycles. The molecule has 0 radical (unpaired) electrons. The van der Waals surface area contributed by atoms with Gasteiger partial charge in [-0.25, -0.2) is 0 Å². The van der Waals surface area contributed by atoms with Crippen molar-refractivity contribution in [2.24, 2.45) is 11.8 Å². The quantitative estimate of drug-likeness (QED) is 0.834. The highest BCUT2D eigenvalue weighted by Crippen LogP contribution is 2.41. The third-order valence-electron chi connectivity index (χ3n) is 4.80. The number of amides is 1. The van der Waals surface area contributed by atoms with Gasteiger partial charge >= 0.3 is 0 Å².